The van der Waals surface area contributed by atoms with Crippen molar-refractivity contribution in [2.24, 2.45) is 0 Å². The molecule has 1 aromatic carbocycles. The van der Waals surface area contributed by atoms with Gasteiger partial charge in [0.1, 0.15) is 37.0 Å². The van der Waals surface area contributed by atoms with E-state index in [4.69, 9.17) is 9.47 Å². The number of aliphatic hydroxyl groups excluding tert-OH is 3. The van der Waals surface area contributed by atoms with Gasteiger partial charge in [-0.3, -0.25) is 9.59 Å². The molecule has 62 heavy (non-hydrogen) atoms. The molecule has 1 aliphatic rings. The van der Waals surface area contributed by atoms with Gasteiger partial charge in [0, 0.05) is 13.0 Å². The normalized spacial score (nSPS) is 19.2. The van der Waals surface area contributed by atoms with E-state index in [1.165, 1.54) is 142 Å². The van der Waals surface area contributed by atoms with Crippen LogP contribution in [-0.4, -0.2) is 87.9 Å². The molecule has 1 heterocycles. The Labute approximate surface area is 377 Å². The molecule has 11 nitrogen and oxygen atoms in total. The first kappa shape index (κ1) is 55.4. The molecule has 11 heteroatoms. The molecular weight excluding hydrogens is 783 g/mol. The van der Waals surface area contributed by atoms with Gasteiger partial charge < -0.3 is 40.3 Å². The first-order valence-electron chi connectivity index (χ1n) is 25.4. The second kappa shape index (κ2) is 36.6. The Hall–Kier alpha value is -2.73. The maximum absolute atomic E-state index is 14.1. The Morgan fingerprint density at radius 2 is 1.08 bits per heavy atom. The predicted molar refractivity (Wildman–Crippen MR) is 250 cm³/mol. The molecule has 358 valence electrons. The average molecular weight is 874 g/mol. The van der Waals surface area contributed by atoms with Crippen molar-refractivity contribution in [2.75, 3.05) is 13.2 Å². The lowest BCUT2D eigenvalue weighted by atomic mass is 9.94. The summed E-state index contributed by atoms with van der Waals surface area (Å²) in [6, 6.07) is 6.92. The van der Waals surface area contributed by atoms with E-state index in [2.05, 4.69) is 24.5 Å². The molecule has 0 radical (unpaired) electrons. The fourth-order valence-corrected chi connectivity index (χ4v) is 8.48. The molecule has 1 saturated heterocycles. The van der Waals surface area contributed by atoms with Crippen molar-refractivity contribution in [3.8, 4) is 0 Å². The molecule has 3 amide bonds. The van der Waals surface area contributed by atoms with Crippen LogP contribution in [0.4, 0.5) is 4.79 Å². The number of aliphatic hydroxyl groups is 3. The highest BCUT2D eigenvalue weighted by Crippen LogP contribution is 2.26. The number of ether oxygens (including phenoxy) is 2. The van der Waals surface area contributed by atoms with Crippen LogP contribution < -0.4 is 10.6 Å². The number of carbonyl (C=O) groups is 3. The zero-order chi connectivity index (χ0) is 45.0. The van der Waals surface area contributed by atoms with Gasteiger partial charge in [-0.25, -0.2) is 4.79 Å². The van der Waals surface area contributed by atoms with Crippen LogP contribution in [0.15, 0.2) is 30.3 Å². The second-order valence-electron chi connectivity index (χ2n) is 18.1. The minimum atomic E-state index is -1.54. The largest absolute Gasteiger partial charge is 0.445 e. The lowest BCUT2D eigenvalue weighted by Gasteiger charge is -2.47. The summed E-state index contributed by atoms with van der Waals surface area (Å²) in [6.07, 6.45) is 29.5. The number of hydrogen-bond acceptors (Lipinski definition) is 8. The summed E-state index contributed by atoms with van der Waals surface area (Å²) in [5.74, 6) is -0.783. The van der Waals surface area contributed by atoms with Crippen LogP contribution in [-0.2, 0) is 25.7 Å². The number of unbranched alkanes of at least 4 members (excludes halogenated alkanes) is 27. The third kappa shape index (κ3) is 24.9. The minimum absolute atomic E-state index is 0.0304. The Morgan fingerprint density at radius 1 is 0.645 bits per heavy atom. The van der Waals surface area contributed by atoms with Gasteiger partial charge in [-0.05, 0) is 25.3 Å². The maximum atomic E-state index is 14.1. The van der Waals surface area contributed by atoms with Crippen LogP contribution in [0.1, 0.15) is 219 Å². The van der Waals surface area contributed by atoms with Gasteiger partial charge in [0.15, 0.2) is 6.23 Å². The van der Waals surface area contributed by atoms with Gasteiger partial charge >= 0.3 is 6.09 Å². The average Bonchev–Trinajstić information content (AvgIpc) is 3.27. The van der Waals surface area contributed by atoms with Gasteiger partial charge in [0.25, 0.3) is 0 Å². The number of alkyl carbamates (subject to hydrolysis) is 1. The first-order chi connectivity index (χ1) is 30.2. The molecule has 0 spiro atoms. The van der Waals surface area contributed by atoms with Gasteiger partial charge in [-0.1, -0.05) is 218 Å². The highest BCUT2D eigenvalue weighted by Gasteiger charge is 2.48. The smallest absolute Gasteiger partial charge is 0.408 e. The molecule has 1 aromatic rings. The molecule has 0 bridgehead atoms. The quantitative estimate of drug-likeness (QED) is 0.0411. The first-order valence-corrected chi connectivity index (χ1v) is 25.4. The van der Waals surface area contributed by atoms with E-state index in [1.54, 1.807) is 4.90 Å². The Kier molecular flexibility index (Phi) is 32.7. The standard InChI is InChI=1S/C51H91N3O8/c1-4-6-8-10-12-14-16-18-20-21-23-25-27-29-34-38-45(56)54(39-35-30-28-26-24-22-19-17-15-13-11-9-7-5-2)50-46(48(58)47(57)44(40-55)62-50)53-49(59)42(3)52-51(60)61-41-43-36-32-31-33-37-43/h31-33,36-37,42,44,46-48,50,55,57-58H,4-30,34-35,38-41H2,1-3H3,(H,52,60)(H,53,59)/t42-,44+,46+,47+,48+,50+/m0/s1. The third-order valence-electron chi connectivity index (χ3n) is 12.5. The third-order valence-corrected chi connectivity index (χ3v) is 12.5. The van der Waals surface area contributed by atoms with Crippen molar-refractivity contribution in [3.63, 3.8) is 0 Å². The summed E-state index contributed by atoms with van der Waals surface area (Å²) < 4.78 is 11.5. The van der Waals surface area contributed by atoms with Crippen molar-refractivity contribution in [1.29, 1.82) is 0 Å². The molecule has 5 N–H and O–H groups in total. The Balaban J connectivity index is 1.94. The summed E-state index contributed by atoms with van der Waals surface area (Å²) in [6.45, 7) is 5.82. The number of nitrogens with one attached hydrogen (secondary N) is 2. The van der Waals surface area contributed by atoms with Gasteiger partial charge in [0.05, 0.1) is 6.61 Å². The van der Waals surface area contributed by atoms with E-state index in [9.17, 15) is 29.7 Å². The van der Waals surface area contributed by atoms with E-state index >= 15 is 0 Å². The number of carbonyl (C=O) groups excluding carboxylic acids is 3. The van der Waals surface area contributed by atoms with Crippen LogP contribution in [0.25, 0.3) is 0 Å². The molecule has 2 rings (SSSR count). The van der Waals surface area contributed by atoms with Gasteiger partial charge in [0.2, 0.25) is 11.8 Å². The van der Waals surface area contributed by atoms with Crippen LogP contribution >= 0.6 is 0 Å². The van der Waals surface area contributed by atoms with Gasteiger partial charge in [-0.15, -0.1) is 0 Å². The highest BCUT2D eigenvalue weighted by atomic mass is 16.6. The highest BCUT2D eigenvalue weighted by molar-refractivity contribution is 5.85. The fraction of sp³-hybridized carbons (Fsp3) is 0.824. The number of hydrogen-bond donors (Lipinski definition) is 5. The van der Waals surface area contributed by atoms with Crippen molar-refractivity contribution in [3.05, 3.63) is 35.9 Å². The zero-order valence-corrected chi connectivity index (χ0v) is 39.5. The SMILES string of the molecule is CCCCCCCCCCCCCCCCCC(=O)N(CCCCCCCCCCCCCCCC)[C@@H]1O[C@H](CO)[C@@H](O)[C@H](O)[C@H]1NC(=O)[C@H](C)NC(=O)OCc1ccccc1. The summed E-state index contributed by atoms with van der Waals surface area (Å²) in [5.41, 5.74) is 0.797. The van der Waals surface area contributed by atoms with Gasteiger partial charge in [-0.2, -0.15) is 0 Å². The lowest BCUT2D eigenvalue weighted by Crippen LogP contribution is -2.69. The van der Waals surface area contributed by atoms with E-state index in [0.717, 1.165) is 56.9 Å². The van der Waals surface area contributed by atoms with Crippen LogP contribution in [0.5, 0.6) is 0 Å². The zero-order valence-electron chi connectivity index (χ0n) is 39.5. The van der Waals surface area contributed by atoms with E-state index in [-0.39, 0.29) is 12.5 Å². The molecule has 1 fully saturated rings. The molecule has 0 aliphatic carbocycles. The monoisotopic (exact) mass is 874 g/mol. The van der Waals surface area contributed by atoms with Crippen molar-refractivity contribution in [1.82, 2.24) is 15.5 Å². The van der Waals surface area contributed by atoms with E-state index < -0.39 is 55.2 Å². The van der Waals surface area contributed by atoms with Crippen LogP contribution in [0, 0.1) is 0 Å². The van der Waals surface area contributed by atoms with Crippen molar-refractivity contribution >= 4 is 17.9 Å². The van der Waals surface area contributed by atoms with E-state index in [1.807, 2.05) is 30.3 Å². The molecule has 0 saturated carbocycles. The summed E-state index contributed by atoms with van der Waals surface area (Å²) in [4.78, 5) is 41.7. The van der Waals surface area contributed by atoms with E-state index in [0.29, 0.717) is 13.0 Å². The maximum Gasteiger partial charge on any atom is 0.408 e. The minimum Gasteiger partial charge on any atom is -0.445 e. The summed E-state index contributed by atoms with van der Waals surface area (Å²) in [7, 11) is 0. The number of amides is 3. The van der Waals surface area contributed by atoms with Crippen LogP contribution in [0.2, 0.25) is 0 Å². The van der Waals surface area contributed by atoms with Crippen molar-refractivity contribution in [2.45, 2.75) is 257 Å². The second-order valence-corrected chi connectivity index (χ2v) is 18.1. The number of rotatable bonds is 38. The summed E-state index contributed by atoms with van der Waals surface area (Å²) in [5, 5.41) is 37.7. The molecular formula is C51H91N3O8. The Bertz CT molecular complexity index is 1250. The lowest BCUT2D eigenvalue weighted by molar-refractivity contribution is -0.231. The Morgan fingerprint density at radius 3 is 1.53 bits per heavy atom. The molecule has 6 atom stereocenters. The topological polar surface area (TPSA) is 158 Å². The molecule has 0 unspecified atom stereocenters. The number of nitrogens with zero attached hydrogens (tertiary/aromatic N) is 1. The van der Waals surface area contributed by atoms with Crippen LogP contribution in [0.3, 0.4) is 0 Å². The number of benzene rings is 1. The summed E-state index contributed by atoms with van der Waals surface area (Å²) >= 11 is 0. The van der Waals surface area contributed by atoms with Crippen molar-refractivity contribution < 1.29 is 39.2 Å². The molecule has 0 aromatic heterocycles. The predicted octanol–water partition coefficient (Wildman–Crippen LogP) is 10.8. The fourth-order valence-electron chi connectivity index (χ4n) is 8.48. The molecule has 1 aliphatic heterocycles.